The smallest absolute Gasteiger partial charge is 0.303 e. The third-order valence-electron chi connectivity index (χ3n) is 6.70. The van der Waals surface area contributed by atoms with Crippen molar-refractivity contribution >= 4 is 11.9 Å². The minimum absolute atomic E-state index is 0.0104. The SMILES string of the molecule is CC1(C)Oc2ccccc2[C@@H]2O[C@@H]3CCN(C(=O)[C@@H](N)CCC(=O)O)C[C@@H]3C[C@H]21. The van der Waals surface area contributed by atoms with E-state index in [4.69, 9.17) is 20.3 Å². The van der Waals surface area contributed by atoms with Crippen molar-refractivity contribution in [1.82, 2.24) is 4.90 Å². The number of ether oxygens (including phenoxy) is 2. The van der Waals surface area contributed by atoms with Crippen molar-refractivity contribution in [1.29, 1.82) is 0 Å². The highest BCUT2D eigenvalue weighted by atomic mass is 16.5. The molecule has 0 aromatic heterocycles. The molecule has 3 N–H and O–H groups in total. The summed E-state index contributed by atoms with van der Waals surface area (Å²) in [5, 5.41) is 8.83. The summed E-state index contributed by atoms with van der Waals surface area (Å²) in [6, 6.07) is 7.33. The number of para-hydroxylation sites is 1. The molecule has 0 unspecified atom stereocenters. The largest absolute Gasteiger partial charge is 0.487 e. The number of carboxylic acids is 1. The number of nitrogens with zero attached hydrogens (tertiary/aromatic N) is 1. The number of benzene rings is 1. The molecule has 7 nitrogen and oxygen atoms in total. The molecule has 0 aliphatic carbocycles. The van der Waals surface area contributed by atoms with Gasteiger partial charge >= 0.3 is 5.97 Å². The highest BCUT2D eigenvalue weighted by Crippen LogP contribution is 2.52. The number of fused-ring (bicyclic) bond motifs is 4. The molecule has 2 fully saturated rings. The second kappa shape index (κ2) is 7.61. The van der Waals surface area contributed by atoms with E-state index in [2.05, 4.69) is 19.9 Å². The average molecular weight is 402 g/mol. The molecule has 1 aromatic rings. The first-order valence-corrected chi connectivity index (χ1v) is 10.5. The number of aliphatic carboxylic acids is 1. The van der Waals surface area contributed by atoms with Gasteiger partial charge in [-0.1, -0.05) is 18.2 Å². The van der Waals surface area contributed by atoms with Crippen LogP contribution in [0.25, 0.3) is 0 Å². The van der Waals surface area contributed by atoms with E-state index in [1.54, 1.807) is 4.90 Å². The molecule has 0 spiro atoms. The number of rotatable bonds is 4. The van der Waals surface area contributed by atoms with Crippen LogP contribution in [-0.2, 0) is 14.3 Å². The number of carbonyl (C=O) groups excluding carboxylic acids is 1. The first-order valence-electron chi connectivity index (χ1n) is 10.5. The van der Waals surface area contributed by atoms with Crippen molar-refractivity contribution in [2.75, 3.05) is 13.1 Å². The number of carbonyl (C=O) groups is 2. The maximum absolute atomic E-state index is 12.7. The standard InChI is InChI=1S/C22H30N2O5/c1-22(2)15-11-13-12-24(21(27)16(23)7-8-19(25)26)10-9-17(13)28-20(15)14-5-3-4-6-18(14)29-22/h3-6,13,15-17,20H,7-12,23H2,1-2H3,(H,25,26)/t13-,15+,16-,17+,20-/m0/s1. The maximum atomic E-state index is 12.7. The molecule has 0 bridgehead atoms. The summed E-state index contributed by atoms with van der Waals surface area (Å²) < 4.78 is 12.9. The molecule has 4 rings (SSSR count). The van der Waals surface area contributed by atoms with Gasteiger partial charge in [-0.3, -0.25) is 9.59 Å². The van der Waals surface area contributed by atoms with Gasteiger partial charge in [0.05, 0.1) is 18.2 Å². The minimum Gasteiger partial charge on any atom is -0.487 e. The summed E-state index contributed by atoms with van der Waals surface area (Å²) in [5.74, 6) is 0.243. The van der Waals surface area contributed by atoms with Crippen LogP contribution < -0.4 is 10.5 Å². The number of piperidine rings is 1. The molecule has 3 heterocycles. The van der Waals surface area contributed by atoms with Crippen molar-refractivity contribution in [3.05, 3.63) is 29.8 Å². The van der Waals surface area contributed by atoms with E-state index >= 15 is 0 Å². The lowest BCUT2D eigenvalue weighted by Crippen LogP contribution is -2.57. The number of nitrogens with two attached hydrogens (primary N) is 1. The number of likely N-dealkylation sites (tertiary alicyclic amines) is 1. The van der Waals surface area contributed by atoms with E-state index < -0.39 is 12.0 Å². The van der Waals surface area contributed by atoms with Gasteiger partial charge in [-0.2, -0.15) is 0 Å². The Balaban J connectivity index is 1.47. The Morgan fingerprint density at radius 3 is 2.86 bits per heavy atom. The molecule has 7 heteroatoms. The van der Waals surface area contributed by atoms with E-state index in [9.17, 15) is 9.59 Å². The Kier molecular flexibility index (Phi) is 5.29. The molecule has 0 saturated carbocycles. The van der Waals surface area contributed by atoms with Crippen LogP contribution in [0.3, 0.4) is 0 Å². The Labute approximate surface area is 171 Å². The summed E-state index contributed by atoms with van der Waals surface area (Å²) in [5.41, 5.74) is 6.72. The fourth-order valence-corrected chi connectivity index (χ4v) is 5.09. The van der Waals surface area contributed by atoms with Crippen molar-refractivity contribution in [2.24, 2.45) is 17.6 Å². The lowest BCUT2D eigenvalue weighted by atomic mass is 9.70. The quantitative estimate of drug-likeness (QED) is 0.802. The van der Waals surface area contributed by atoms with Crippen LogP contribution in [0.5, 0.6) is 5.75 Å². The van der Waals surface area contributed by atoms with E-state index in [1.165, 1.54) is 0 Å². The van der Waals surface area contributed by atoms with Gasteiger partial charge in [-0.15, -0.1) is 0 Å². The molecule has 29 heavy (non-hydrogen) atoms. The summed E-state index contributed by atoms with van der Waals surface area (Å²) in [6.45, 7) is 5.42. The van der Waals surface area contributed by atoms with Crippen LogP contribution in [0.2, 0.25) is 0 Å². The normalized spacial score (nSPS) is 30.9. The minimum atomic E-state index is -0.932. The second-order valence-electron chi connectivity index (χ2n) is 9.05. The van der Waals surface area contributed by atoms with Crippen LogP contribution in [0.1, 0.15) is 51.2 Å². The van der Waals surface area contributed by atoms with Gasteiger partial charge in [0, 0.05) is 36.9 Å². The lowest BCUT2D eigenvalue weighted by molar-refractivity contribution is -0.189. The second-order valence-corrected chi connectivity index (χ2v) is 9.05. The lowest BCUT2D eigenvalue weighted by Gasteiger charge is -2.53. The van der Waals surface area contributed by atoms with E-state index in [0.717, 1.165) is 24.2 Å². The van der Waals surface area contributed by atoms with Gasteiger partial charge in [-0.05, 0) is 39.2 Å². The zero-order chi connectivity index (χ0) is 20.8. The zero-order valence-electron chi connectivity index (χ0n) is 17.0. The van der Waals surface area contributed by atoms with Gasteiger partial charge in [0.15, 0.2) is 0 Å². The van der Waals surface area contributed by atoms with Gasteiger partial charge in [0.1, 0.15) is 11.4 Å². The first-order chi connectivity index (χ1) is 13.8. The van der Waals surface area contributed by atoms with Crippen LogP contribution in [-0.4, -0.2) is 52.7 Å². The van der Waals surface area contributed by atoms with Crippen molar-refractivity contribution in [2.45, 2.75) is 63.4 Å². The van der Waals surface area contributed by atoms with E-state index in [1.807, 2.05) is 18.2 Å². The third-order valence-corrected chi connectivity index (χ3v) is 6.70. The number of amides is 1. The number of hydrogen-bond donors (Lipinski definition) is 2. The fraction of sp³-hybridized carbons (Fsp3) is 0.636. The van der Waals surface area contributed by atoms with Gasteiger partial charge in [0.25, 0.3) is 0 Å². The maximum Gasteiger partial charge on any atom is 0.303 e. The fourth-order valence-electron chi connectivity index (χ4n) is 5.09. The average Bonchev–Trinajstić information content (AvgIpc) is 2.69. The summed E-state index contributed by atoms with van der Waals surface area (Å²) in [4.78, 5) is 25.3. The third kappa shape index (κ3) is 3.85. The van der Waals surface area contributed by atoms with Crippen LogP contribution in [0, 0.1) is 11.8 Å². The summed E-state index contributed by atoms with van der Waals surface area (Å²) >= 11 is 0. The van der Waals surface area contributed by atoms with Gasteiger partial charge < -0.3 is 25.2 Å². The highest BCUT2D eigenvalue weighted by molar-refractivity contribution is 5.82. The summed E-state index contributed by atoms with van der Waals surface area (Å²) in [7, 11) is 0. The van der Waals surface area contributed by atoms with Crippen LogP contribution in [0.15, 0.2) is 24.3 Å². The molecular formula is C22H30N2O5. The Morgan fingerprint density at radius 2 is 2.10 bits per heavy atom. The highest BCUT2D eigenvalue weighted by Gasteiger charge is 2.51. The van der Waals surface area contributed by atoms with Crippen molar-refractivity contribution < 1.29 is 24.2 Å². The molecule has 3 aliphatic rings. The topological polar surface area (TPSA) is 102 Å². The predicted molar refractivity (Wildman–Crippen MR) is 106 cm³/mol. The summed E-state index contributed by atoms with van der Waals surface area (Å²) in [6.07, 6.45) is 1.88. The predicted octanol–water partition coefficient (Wildman–Crippen LogP) is 2.34. The number of hydrogen-bond acceptors (Lipinski definition) is 5. The molecule has 3 aliphatic heterocycles. The zero-order valence-corrected chi connectivity index (χ0v) is 17.0. The first kappa shape index (κ1) is 20.2. The molecular weight excluding hydrogens is 372 g/mol. The monoisotopic (exact) mass is 402 g/mol. The van der Waals surface area contributed by atoms with Crippen LogP contribution in [0.4, 0.5) is 0 Å². The van der Waals surface area contributed by atoms with Gasteiger partial charge in [0.2, 0.25) is 5.91 Å². The Morgan fingerprint density at radius 1 is 1.34 bits per heavy atom. The van der Waals surface area contributed by atoms with Crippen LogP contribution >= 0.6 is 0 Å². The van der Waals surface area contributed by atoms with Gasteiger partial charge in [-0.25, -0.2) is 0 Å². The number of carboxylic acid groups (broad SMARTS) is 1. The molecule has 5 atom stereocenters. The molecule has 0 radical (unpaired) electrons. The van der Waals surface area contributed by atoms with Crippen molar-refractivity contribution in [3.8, 4) is 5.75 Å². The molecule has 2 saturated heterocycles. The van der Waals surface area contributed by atoms with E-state index in [-0.39, 0.29) is 48.4 Å². The van der Waals surface area contributed by atoms with Crippen molar-refractivity contribution in [3.63, 3.8) is 0 Å². The molecule has 1 aromatic carbocycles. The molecule has 1 amide bonds. The Bertz CT molecular complexity index is 795. The molecule has 158 valence electrons. The Hall–Kier alpha value is -2.12. The van der Waals surface area contributed by atoms with E-state index in [0.29, 0.717) is 13.1 Å².